The van der Waals surface area contributed by atoms with Crippen molar-refractivity contribution in [3.8, 4) is 11.3 Å². The van der Waals surface area contributed by atoms with Crippen LogP contribution >= 0.6 is 0 Å². The van der Waals surface area contributed by atoms with Crippen LogP contribution in [0.15, 0.2) is 36.7 Å². The van der Waals surface area contributed by atoms with Gasteiger partial charge in [-0.25, -0.2) is 23.7 Å². The summed E-state index contributed by atoms with van der Waals surface area (Å²) in [4.78, 5) is 20.2. The van der Waals surface area contributed by atoms with Gasteiger partial charge in [0.15, 0.2) is 5.65 Å². The van der Waals surface area contributed by atoms with Gasteiger partial charge in [-0.15, -0.1) is 0 Å². The van der Waals surface area contributed by atoms with Crippen molar-refractivity contribution in [1.82, 2.24) is 29.7 Å². The van der Waals surface area contributed by atoms with Gasteiger partial charge in [0, 0.05) is 49.6 Å². The molecule has 3 aromatic heterocycles. The molecule has 0 saturated carbocycles. The molecule has 11 heteroatoms. The molecule has 0 spiro atoms. The maximum absolute atomic E-state index is 14.5. The van der Waals surface area contributed by atoms with Crippen molar-refractivity contribution in [2.45, 2.75) is 33.4 Å². The van der Waals surface area contributed by atoms with Gasteiger partial charge in [-0.1, -0.05) is 0 Å². The van der Waals surface area contributed by atoms with Crippen molar-refractivity contribution >= 4 is 17.1 Å². The highest BCUT2D eigenvalue weighted by molar-refractivity contribution is 5.88. The number of hydrogen-bond donors (Lipinski definition) is 0. The lowest BCUT2D eigenvalue weighted by Crippen LogP contribution is -2.42. The van der Waals surface area contributed by atoms with Gasteiger partial charge in [0.05, 0.1) is 37.3 Å². The fourth-order valence-corrected chi connectivity index (χ4v) is 4.17. The zero-order valence-corrected chi connectivity index (χ0v) is 21.1. The van der Waals surface area contributed by atoms with Crippen LogP contribution in [0.1, 0.15) is 18.3 Å². The van der Waals surface area contributed by atoms with Crippen molar-refractivity contribution in [1.29, 1.82) is 0 Å². The average molecular weight is 510 g/mol. The zero-order valence-electron chi connectivity index (χ0n) is 21.1. The van der Waals surface area contributed by atoms with Crippen LogP contribution in [0, 0.1) is 31.4 Å². The Hall–Kier alpha value is -3.57. The Balaban J connectivity index is 0.000000233. The summed E-state index contributed by atoms with van der Waals surface area (Å²) in [5, 5.41) is 4.10. The molecule has 194 valence electrons. The second-order valence-corrected chi connectivity index (χ2v) is 9.32. The van der Waals surface area contributed by atoms with E-state index in [4.69, 9.17) is 9.47 Å². The van der Waals surface area contributed by atoms with Crippen molar-refractivity contribution in [2.75, 3.05) is 37.8 Å². The number of ether oxygens (including phenoxy) is 2. The van der Waals surface area contributed by atoms with Crippen LogP contribution in [0.25, 0.3) is 22.4 Å². The molecule has 2 saturated heterocycles. The fourth-order valence-electron chi connectivity index (χ4n) is 4.17. The molecule has 9 nitrogen and oxygen atoms in total. The molecule has 0 bridgehead atoms. The Morgan fingerprint density at radius 3 is 2.54 bits per heavy atom. The van der Waals surface area contributed by atoms with Crippen LogP contribution < -0.4 is 4.90 Å². The Kier molecular flexibility index (Phi) is 7.33. The Morgan fingerprint density at radius 2 is 1.86 bits per heavy atom. The van der Waals surface area contributed by atoms with E-state index in [0.717, 1.165) is 31.5 Å². The molecule has 4 aromatic rings. The Bertz CT molecular complexity index is 1380. The quantitative estimate of drug-likeness (QED) is 0.411. The third kappa shape index (κ3) is 5.72. The predicted octanol–water partition coefficient (Wildman–Crippen LogP) is 3.74. The van der Waals surface area contributed by atoms with Crippen LogP contribution in [-0.2, 0) is 16.0 Å². The van der Waals surface area contributed by atoms with Crippen molar-refractivity contribution in [3.63, 3.8) is 0 Å². The third-order valence-corrected chi connectivity index (χ3v) is 6.35. The van der Waals surface area contributed by atoms with Gasteiger partial charge in [0.2, 0.25) is 5.95 Å². The van der Waals surface area contributed by atoms with Crippen molar-refractivity contribution in [2.24, 2.45) is 5.92 Å². The van der Waals surface area contributed by atoms with Gasteiger partial charge in [0.1, 0.15) is 22.8 Å². The van der Waals surface area contributed by atoms with Gasteiger partial charge in [-0.2, -0.15) is 10.1 Å². The summed E-state index contributed by atoms with van der Waals surface area (Å²) < 4.78 is 40.4. The summed E-state index contributed by atoms with van der Waals surface area (Å²) in [6.07, 6.45) is 3.83. The number of halogens is 2. The molecule has 5 heterocycles. The minimum Gasteiger partial charge on any atom is -0.381 e. The number of morpholine rings is 1. The summed E-state index contributed by atoms with van der Waals surface area (Å²) in [7, 11) is 0. The number of aryl methyl sites for hydroxylation is 2. The lowest BCUT2D eigenvalue weighted by molar-refractivity contribution is -0.0408. The molecular weight excluding hydrogens is 480 g/mol. The Labute approximate surface area is 213 Å². The number of benzene rings is 1. The first-order valence-corrected chi connectivity index (χ1v) is 12.3. The van der Waals surface area contributed by atoms with E-state index in [9.17, 15) is 8.78 Å². The van der Waals surface area contributed by atoms with Gasteiger partial charge in [0.25, 0.3) is 0 Å². The third-order valence-electron chi connectivity index (χ3n) is 6.35. The molecule has 1 unspecified atom stereocenters. The number of anilines is 1. The van der Waals surface area contributed by atoms with Gasteiger partial charge in [-0.05, 0) is 39.0 Å². The Morgan fingerprint density at radius 1 is 1.05 bits per heavy atom. The first-order chi connectivity index (χ1) is 17.9. The van der Waals surface area contributed by atoms with Gasteiger partial charge in [-0.3, -0.25) is 4.68 Å². The van der Waals surface area contributed by atoms with Crippen molar-refractivity contribution < 1.29 is 18.3 Å². The standard InChI is InChI=1S/C19H19F2N5O.C7H10N2O/c1-10-9-26(6-7-27-10)19-24-16(14-5-4-13(20)8-15(14)21)17-18(25-19)23-12(3)11(2)22-17;1-2-8-9(3-1)4-7-5-10-6-7/h4-5,8,10H,6-7,9H2,1-3H3;1-3,7H,4-6H2. The second-order valence-electron chi connectivity index (χ2n) is 9.32. The number of nitrogens with zero attached hydrogens (tertiary/aromatic N) is 7. The molecule has 37 heavy (non-hydrogen) atoms. The van der Waals surface area contributed by atoms with E-state index < -0.39 is 11.6 Å². The fraction of sp³-hybridized carbons (Fsp3) is 0.423. The number of aromatic nitrogens is 6. The summed E-state index contributed by atoms with van der Waals surface area (Å²) in [5.41, 5.74) is 2.72. The topological polar surface area (TPSA) is 91.1 Å². The number of fused-ring (bicyclic) bond motifs is 1. The van der Waals surface area contributed by atoms with E-state index in [-0.39, 0.29) is 11.7 Å². The van der Waals surface area contributed by atoms with Gasteiger partial charge < -0.3 is 14.4 Å². The largest absolute Gasteiger partial charge is 0.381 e. The maximum atomic E-state index is 14.5. The molecule has 0 amide bonds. The molecule has 6 rings (SSSR count). The molecule has 1 atom stereocenters. The predicted molar refractivity (Wildman–Crippen MR) is 134 cm³/mol. The van der Waals surface area contributed by atoms with Crippen LogP contribution in [0.4, 0.5) is 14.7 Å². The van der Waals surface area contributed by atoms with E-state index in [1.54, 1.807) is 6.20 Å². The minimum absolute atomic E-state index is 0.0369. The van der Waals surface area contributed by atoms with E-state index in [0.29, 0.717) is 54.1 Å². The SMILES string of the molecule is Cc1nc2nc(N3CCOC(C)C3)nc(-c3ccc(F)cc3F)c2nc1C.c1cnn(CC2COC2)c1. The van der Waals surface area contributed by atoms with Crippen LogP contribution in [0.5, 0.6) is 0 Å². The maximum Gasteiger partial charge on any atom is 0.228 e. The monoisotopic (exact) mass is 509 g/mol. The molecule has 2 fully saturated rings. The minimum atomic E-state index is -0.698. The first kappa shape index (κ1) is 25.1. The average Bonchev–Trinajstić information content (AvgIpc) is 3.36. The molecule has 2 aliphatic rings. The normalized spacial score (nSPS) is 17.9. The van der Waals surface area contributed by atoms with E-state index in [1.165, 1.54) is 12.1 Å². The first-order valence-electron chi connectivity index (χ1n) is 12.3. The van der Waals surface area contributed by atoms with Crippen LogP contribution in [0.3, 0.4) is 0 Å². The van der Waals surface area contributed by atoms with Crippen LogP contribution in [0.2, 0.25) is 0 Å². The molecule has 1 aromatic carbocycles. The smallest absolute Gasteiger partial charge is 0.228 e. The summed E-state index contributed by atoms with van der Waals surface area (Å²) in [6, 6.07) is 5.36. The van der Waals surface area contributed by atoms with Crippen molar-refractivity contribution in [3.05, 3.63) is 59.7 Å². The van der Waals surface area contributed by atoms with E-state index in [1.807, 2.05) is 42.6 Å². The number of hydrogen-bond acceptors (Lipinski definition) is 8. The zero-order chi connectivity index (χ0) is 25.9. The molecule has 0 aliphatic carbocycles. The summed E-state index contributed by atoms with van der Waals surface area (Å²) >= 11 is 0. The van der Waals surface area contributed by atoms with E-state index in [2.05, 4.69) is 25.0 Å². The lowest BCUT2D eigenvalue weighted by Gasteiger charge is -2.31. The second kappa shape index (κ2) is 10.8. The number of rotatable bonds is 4. The molecular formula is C26H29F2N7O2. The molecule has 0 N–H and O–H groups in total. The van der Waals surface area contributed by atoms with E-state index >= 15 is 0 Å². The van der Waals surface area contributed by atoms with Gasteiger partial charge >= 0.3 is 0 Å². The highest BCUT2D eigenvalue weighted by Gasteiger charge is 2.23. The highest BCUT2D eigenvalue weighted by Crippen LogP contribution is 2.30. The summed E-state index contributed by atoms with van der Waals surface area (Å²) in [5.74, 6) is -0.208. The lowest BCUT2D eigenvalue weighted by atomic mass is 10.1. The highest BCUT2D eigenvalue weighted by atomic mass is 19.1. The molecule has 0 radical (unpaired) electrons. The molecule has 2 aliphatic heterocycles. The van der Waals surface area contributed by atoms with Crippen LogP contribution in [-0.4, -0.2) is 68.7 Å². The summed E-state index contributed by atoms with van der Waals surface area (Å²) in [6.45, 7) is 10.3.